The van der Waals surface area contributed by atoms with Crippen LogP contribution in [-0.2, 0) is 14.4 Å². The van der Waals surface area contributed by atoms with Crippen molar-refractivity contribution in [3.63, 3.8) is 0 Å². The summed E-state index contributed by atoms with van der Waals surface area (Å²) in [6, 6.07) is 4.17. The summed E-state index contributed by atoms with van der Waals surface area (Å²) in [6.45, 7) is 0.390. The molecule has 2 bridgehead atoms. The van der Waals surface area contributed by atoms with E-state index in [1.165, 1.54) is 21.1 Å². The summed E-state index contributed by atoms with van der Waals surface area (Å²) < 4.78 is 0. The number of carboxylic acids is 1. The van der Waals surface area contributed by atoms with Crippen LogP contribution in [-0.4, -0.2) is 44.6 Å². The first-order chi connectivity index (χ1) is 16.0. The highest BCUT2D eigenvalue weighted by Gasteiger charge is 2.69. The molecule has 0 aromatic carbocycles. The van der Waals surface area contributed by atoms with E-state index in [1.807, 2.05) is 6.07 Å². The van der Waals surface area contributed by atoms with Gasteiger partial charge in [0.25, 0.3) is 0 Å². The molecule has 3 fully saturated rings. The van der Waals surface area contributed by atoms with Gasteiger partial charge in [-0.1, -0.05) is 23.8 Å². The summed E-state index contributed by atoms with van der Waals surface area (Å²) in [5.41, 5.74) is 0. The van der Waals surface area contributed by atoms with Crippen LogP contribution in [0.15, 0.2) is 27.3 Å². The van der Waals surface area contributed by atoms with Gasteiger partial charge in [-0.25, -0.2) is 0 Å². The number of hydrogen-bond acceptors (Lipinski definition) is 7. The maximum Gasteiger partial charge on any atom is 0.305 e. The molecule has 0 spiro atoms. The van der Waals surface area contributed by atoms with Crippen molar-refractivity contribution < 1.29 is 19.5 Å². The number of aromatic amines is 1. The fourth-order valence-electron chi connectivity index (χ4n) is 6.81. The lowest BCUT2D eigenvalue weighted by Crippen LogP contribution is -2.42. The van der Waals surface area contributed by atoms with Gasteiger partial charge in [0.05, 0.1) is 16.9 Å². The van der Waals surface area contributed by atoms with Gasteiger partial charge in [0.15, 0.2) is 0 Å². The monoisotopic (exact) mass is 504 g/mol. The minimum atomic E-state index is -0.815. The number of H-pyrrole nitrogens is 1. The van der Waals surface area contributed by atoms with Crippen molar-refractivity contribution in [1.82, 2.24) is 9.88 Å². The van der Waals surface area contributed by atoms with Crippen molar-refractivity contribution in [1.29, 1.82) is 0 Å². The Labute approximate surface area is 202 Å². The first kappa shape index (κ1) is 21.6. The fourth-order valence-corrected chi connectivity index (χ4v) is 10.7. The summed E-state index contributed by atoms with van der Waals surface area (Å²) in [5, 5.41) is 12.0. The van der Waals surface area contributed by atoms with Gasteiger partial charge in [0.1, 0.15) is 0 Å². The molecule has 2 saturated carbocycles. The number of carbonyl (C=O) groups is 3. The number of likely N-dealkylation sites (tertiary alicyclic amines) is 1. The van der Waals surface area contributed by atoms with Crippen LogP contribution in [0, 0.1) is 29.6 Å². The van der Waals surface area contributed by atoms with Gasteiger partial charge in [-0.15, -0.1) is 23.1 Å². The number of fused-ring (bicyclic) bond motifs is 9. The van der Waals surface area contributed by atoms with E-state index in [9.17, 15) is 19.2 Å². The highest BCUT2D eigenvalue weighted by Crippen LogP contribution is 2.68. The topological polar surface area (TPSA) is 108 Å². The van der Waals surface area contributed by atoms with E-state index in [1.54, 1.807) is 23.1 Å². The summed E-state index contributed by atoms with van der Waals surface area (Å²) >= 11 is 4.70. The molecule has 4 aliphatic rings. The Morgan fingerprint density at radius 2 is 1.91 bits per heavy atom. The molecule has 0 radical (unpaired) electrons. The first-order valence-electron chi connectivity index (χ1n) is 11.5. The van der Waals surface area contributed by atoms with Gasteiger partial charge in [0, 0.05) is 33.9 Å². The minimum Gasteiger partial charge on any atom is -0.481 e. The van der Waals surface area contributed by atoms with Crippen molar-refractivity contribution in [3.8, 4) is 0 Å². The molecule has 6 rings (SSSR count). The third kappa shape index (κ3) is 3.28. The first-order valence-corrected chi connectivity index (χ1v) is 14.0. The number of nitrogens with one attached hydrogen (secondary N) is 1. The molecule has 2 aliphatic carbocycles. The zero-order valence-electron chi connectivity index (χ0n) is 17.8. The van der Waals surface area contributed by atoms with Crippen LogP contribution in [0.3, 0.4) is 0 Å². The standard InChI is InChI=1S/C23H24N2O5S3/c26-13(27)6-2-1-3-7-25-21(28)15-10-9-11(16(15)22(25)29)18-14(10)17(12-5-4-8-31-12)19-20(32-18)24-23(30)33-19/h4-5,8,10-11,14-18H,1-3,6-7,9H2,(H,24,30)(H,26,27)/t10-,11-,14-,15+,16-,17+,18-/m1/s1. The summed E-state index contributed by atoms with van der Waals surface area (Å²) in [5.74, 6) is -0.695. The smallest absolute Gasteiger partial charge is 0.305 e. The summed E-state index contributed by atoms with van der Waals surface area (Å²) in [6.07, 6.45) is 2.93. The minimum absolute atomic E-state index is 0.0304. The number of thiazole rings is 1. The van der Waals surface area contributed by atoms with Crippen LogP contribution in [0.4, 0.5) is 0 Å². The molecule has 7 nitrogen and oxygen atoms in total. The number of hydrogen-bond donors (Lipinski definition) is 2. The van der Waals surface area contributed by atoms with Crippen LogP contribution < -0.4 is 4.87 Å². The molecule has 4 heterocycles. The molecule has 2 amide bonds. The molecule has 0 unspecified atom stereocenters. The van der Waals surface area contributed by atoms with Crippen LogP contribution >= 0.6 is 34.4 Å². The van der Waals surface area contributed by atoms with Crippen molar-refractivity contribution in [2.24, 2.45) is 29.6 Å². The van der Waals surface area contributed by atoms with Gasteiger partial charge in [-0.2, -0.15) is 0 Å². The Morgan fingerprint density at radius 1 is 1.12 bits per heavy atom. The number of aliphatic carboxylic acids is 1. The number of thiophene rings is 1. The number of nitrogens with zero attached hydrogens (tertiary/aromatic N) is 1. The molecule has 2 aromatic heterocycles. The van der Waals surface area contributed by atoms with E-state index in [-0.39, 0.29) is 63.9 Å². The van der Waals surface area contributed by atoms with E-state index >= 15 is 0 Å². The molecule has 2 N–H and O–H groups in total. The number of carbonyl (C=O) groups excluding carboxylic acids is 2. The molecule has 2 aromatic rings. The van der Waals surface area contributed by atoms with Gasteiger partial charge < -0.3 is 10.1 Å². The number of carboxylic acid groups (broad SMARTS) is 1. The van der Waals surface area contributed by atoms with Gasteiger partial charge in [-0.05, 0) is 48.5 Å². The Kier molecular flexibility index (Phi) is 5.30. The predicted octanol–water partition coefficient (Wildman–Crippen LogP) is 3.62. The Hall–Kier alpha value is -1.91. The maximum absolute atomic E-state index is 13.4. The van der Waals surface area contributed by atoms with Gasteiger partial charge in [0.2, 0.25) is 11.8 Å². The second-order valence-corrected chi connectivity index (χ2v) is 12.7. The maximum atomic E-state index is 13.4. The second kappa shape index (κ2) is 8.09. The average Bonchev–Trinajstić information content (AvgIpc) is 3.57. The number of amides is 2. The van der Waals surface area contributed by atoms with Gasteiger partial charge >= 0.3 is 10.8 Å². The Morgan fingerprint density at radius 3 is 2.64 bits per heavy atom. The van der Waals surface area contributed by atoms with E-state index < -0.39 is 5.97 Å². The quantitative estimate of drug-likeness (QED) is 0.441. The van der Waals surface area contributed by atoms with E-state index in [2.05, 4.69) is 16.4 Å². The molecule has 174 valence electrons. The van der Waals surface area contributed by atoms with Crippen molar-refractivity contribution in [2.45, 2.75) is 48.3 Å². The van der Waals surface area contributed by atoms with Gasteiger partial charge in [-0.3, -0.25) is 24.1 Å². The van der Waals surface area contributed by atoms with Crippen molar-refractivity contribution in [2.75, 3.05) is 6.54 Å². The molecular weight excluding hydrogens is 480 g/mol. The van der Waals surface area contributed by atoms with E-state index in [4.69, 9.17) is 5.11 Å². The van der Waals surface area contributed by atoms with Crippen LogP contribution in [0.1, 0.15) is 47.8 Å². The summed E-state index contributed by atoms with van der Waals surface area (Å²) in [7, 11) is 0. The lowest BCUT2D eigenvalue weighted by atomic mass is 9.69. The van der Waals surface area contributed by atoms with Crippen LogP contribution in [0.5, 0.6) is 0 Å². The normalized spacial score (nSPS) is 33.9. The van der Waals surface area contributed by atoms with E-state index in [0.29, 0.717) is 25.8 Å². The number of thioether (sulfide) groups is 1. The highest BCUT2D eigenvalue weighted by atomic mass is 32.2. The second-order valence-electron chi connectivity index (χ2n) is 9.51. The predicted molar refractivity (Wildman–Crippen MR) is 126 cm³/mol. The molecule has 2 aliphatic heterocycles. The van der Waals surface area contributed by atoms with Crippen LogP contribution in [0.2, 0.25) is 0 Å². The number of aromatic nitrogens is 1. The fraction of sp³-hybridized carbons (Fsp3) is 0.565. The molecular formula is C23H24N2O5S3. The zero-order valence-corrected chi connectivity index (χ0v) is 20.2. The number of unbranched alkanes of at least 4 members (excludes halogenated alkanes) is 2. The Bertz CT molecular complexity index is 1170. The van der Waals surface area contributed by atoms with E-state index in [0.717, 1.165) is 16.3 Å². The average molecular weight is 505 g/mol. The van der Waals surface area contributed by atoms with Crippen LogP contribution in [0.25, 0.3) is 0 Å². The molecule has 7 atom stereocenters. The summed E-state index contributed by atoms with van der Waals surface area (Å²) in [4.78, 5) is 56.5. The van der Waals surface area contributed by atoms with Crippen molar-refractivity contribution >= 4 is 52.2 Å². The molecule has 1 saturated heterocycles. The number of imide groups is 1. The molecule has 10 heteroatoms. The third-order valence-corrected chi connectivity index (χ3v) is 11.5. The lowest BCUT2D eigenvalue weighted by Gasteiger charge is -2.42. The largest absolute Gasteiger partial charge is 0.481 e. The SMILES string of the molecule is O=C(O)CCCCCN1C(=O)[C@@H]2[C@H]3C[C@@H]([C@@H]2C1=O)[C@@H]1[C@H](c2cccs2)c2sc(=O)[nH]c2S[C@H]31. The zero-order chi connectivity index (χ0) is 22.9. The molecule has 33 heavy (non-hydrogen) atoms. The van der Waals surface area contributed by atoms with Crippen molar-refractivity contribution in [3.05, 3.63) is 36.9 Å². The third-order valence-electron chi connectivity index (χ3n) is 7.94. The Balaban J connectivity index is 1.27. The lowest BCUT2D eigenvalue weighted by molar-refractivity contribution is -0.141. The number of rotatable bonds is 7. The highest BCUT2D eigenvalue weighted by molar-refractivity contribution is 8.00.